The van der Waals surface area contributed by atoms with Crippen LogP contribution < -0.4 is 10.2 Å². The van der Waals surface area contributed by atoms with Crippen molar-refractivity contribution in [1.82, 2.24) is 10.3 Å². The van der Waals surface area contributed by atoms with Gasteiger partial charge in [-0.2, -0.15) is 13.2 Å². The highest BCUT2D eigenvalue weighted by molar-refractivity contribution is 9.10. The van der Waals surface area contributed by atoms with E-state index in [0.717, 1.165) is 29.3 Å². The van der Waals surface area contributed by atoms with Crippen molar-refractivity contribution in [3.8, 4) is 0 Å². The van der Waals surface area contributed by atoms with Gasteiger partial charge in [-0.1, -0.05) is 6.07 Å². The highest BCUT2D eigenvalue weighted by Gasteiger charge is 2.34. The number of pyridine rings is 1. The van der Waals surface area contributed by atoms with Crippen molar-refractivity contribution < 1.29 is 17.6 Å². The molecular weight excluding hydrogens is 438 g/mol. The number of aromatic nitrogens is 1. The molecule has 1 aromatic carbocycles. The van der Waals surface area contributed by atoms with Crippen molar-refractivity contribution >= 4 is 34.2 Å². The Morgan fingerprint density at radius 2 is 2.00 bits per heavy atom. The first kappa shape index (κ1) is 20.9. The van der Waals surface area contributed by atoms with Crippen LogP contribution in [-0.2, 0) is 12.7 Å². The topological polar surface area (TPSA) is 28.2 Å². The first-order valence-corrected chi connectivity index (χ1v) is 8.58. The molecule has 0 radical (unpaired) electrons. The third kappa shape index (κ3) is 5.08. The fourth-order valence-corrected chi connectivity index (χ4v) is 3.15. The zero-order chi connectivity index (χ0) is 18.0. The smallest absolute Gasteiger partial charge is 0.355 e. The number of halogens is 6. The summed E-state index contributed by atoms with van der Waals surface area (Å²) in [6.45, 7) is 1.49. The molecule has 3 rings (SSSR count). The lowest BCUT2D eigenvalue weighted by molar-refractivity contribution is -0.138. The van der Waals surface area contributed by atoms with Crippen LogP contribution in [-0.4, -0.2) is 24.1 Å². The minimum Gasteiger partial charge on any atom is -0.355 e. The average molecular weight is 455 g/mol. The van der Waals surface area contributed by atoms with E-state index < -0.39 is 17.6 Å². The molecule has 26 heavy (non-hydrogen) atoms. The molecule has 0 bridgehead atoms. The summed E-state index contributed by atoms with van der Waals surface area (Å²) in [5.41, 5.74) is -0.876. The van der Waals surface area contributed by atoms with Crippen molar-refractivity contribution in [1.29, 1.82) is 0 Å². The molecule has 2 aromatic rings. The van der Waals surface area contributed by atoms with Crippen molar-refractivity contribution in [3.05, 3.63) is 57.9 Å². The molecule has 1 fully saturated rings. The first-order valence-electron chi connectivity index (χ1n) is 7.78. The van der Waals surface area contributed by atoms with Crippen LogP contribution in [0.5, 0.6) is 0 Å². The molecule has 1 N–H and O–H groups in total. The van der Waals surface area contributed by atoms with Crippen LogP contribution in [0, 0.1) is 5.82 Å². The molecule has 1 aromatic heterocycles. The summed E-state index contributed by atoms with van der Waals surface area (Å²) < 4.78 is 53.1. The Hall–Kier alpha value is -1.38. The summed E-state index contributed by atoms with van der Waals surface area (Å²) in [7, 11) is 0. The van der Waals surface area contributed by atoms with Gasteiger partial charge in [0.05, 0.1) is 5.56 Å². The lowest BCUT2D eigenvalue weighted by atomic mass is 10.1. The van der Waals surface area contributed by atoms with Gasteiger partial charge < -0.3 is 10.2 Å². The molecule has 3 nitrogen and oxygen atoms in total. The summed E-state index contributed by atoms with van der Waals surface area (Å²) in [6.07, 6.45) is -2.05. The maximum Gasteiger partial charge on any atom is 0.416 e. The fourth-order valence-electron chi connectivity index (χ4n) is 2.91. The van der Waals surface area contributed by atoms with Gasteiger partial charge >= 0.3 is 6.18 Å². The van der Waals surface area contributed by atoms with Gasteiger partial charge in [0.1, 0.15) is 11.6 Å². The molecule has 0 amide bonds. The summed E-state index contributed by atoms with van der Waals surface area (Å²) >= 11 is 3.33. The molecule has 142 valence electrons. The zero-order valence-electron chi connectivity index (χ0n) is 13.6. The Kier molecular flexibility index (Phi) is 6.87. The van der Waals surface area contributed by atoms with Crippen LogP contribution in [0.4, 0.5) is 23.4 Å². The predicted molar refractivity (Wildman–Crippen MR) is 98.0 cm³/mol. The van der Waals surface area contributed by atoms with E-state index in [-0.39, 0.29) is 30.6 Å². The second-order valence-corrected chi connectivity index (χ2v) is 6.86. The van der Waals surface area contributed by atoms with E-state index >= 15 is 0 Å². The molecule has 1 atom stereocenters. The number of rotatable bonds is 4. The van der Waals surface area contributed by atoms with Crippen molar-refractivity contribution in [2.75, 3.05) is 18.0 Å². The Morgan fingerprint density at radius 1 is 1.23 bits per heavy atom. The Balaban J connectivity index is 0.00000243. The van der Waals surface area contributed by atoms with Crippen LogP contribution >= 0.6 is 28.3 Å². The highest BCUT2D eigenvalue weighted by Crippen LogP contribution is 2.32. The number of hydrogen-bond donors (Lipinski definition) is 1. The average Bonchev–Trinajstić information content (AvgIpc) is 3.02. The van der Waals surface area contributed by atoms with Crippen LogP contribution in [0.1, 0.15) is 17.5 Å². The van der Waals surface area contributed by atoms with Gasteiger partial charge in [0.25, 0.3) is 0 Å². The van der Waals surface area contributed by atoms with Gasteiger partial charge in [-0.3, -0.25) is 0 Å². The van der Waals surface area contributed by atoms with Gasteiger partial charge in [-0.05, 0) is 52.2 Å². The van der Waals surface area contributed by atoms with Gasteiger partial charge in [0.2, 0.25) is 0 Å². The Morgan fingerprint density at radius 3 is 2.65 bits per heavy atom. The highest BCUT2D eigenvalue weighted by atomic mass is 79.9. The summed E-state index contributed by atoms with van der Waals surface area (Å²) in [6, 6.07) is 6.64. The number of alkyl halides is 3. The van der Waals surface area contributed by atoms with E-state index in [1.807, 2.05) is 12.1 Å². The van der Waals surface area contributed by atoms with Crippen molar-refractivity contribution in [3.63, 3.8) is 0 Å². The number of anilines is 1. The summed E-state index contributed by atoms with van der Waals surface area (Å²) in [5.74, 6) is -0.0466. The number of hydrogen-bond acceptors (Lipinski definition) is 3. The van der Waals surface area contributed by atoms with Crippen LogP contribution in [0.3, 0.4) is 0 Å². The van der Waals surface area contributed by atoms with Gasteiger partial charge in [0, 0.05) is 36.3 Å². The van der Waals surface area contributed by atoms with Gasteiger partial charge in [-0.15, -0.1) is 12.4 Å². The first-order chi connectivity index (χ1) is 11.8. The molecule has 1 saturated heterocycles. The van der Waals surface area contributed by atoms with E-state index in [0.29, 0.717) is 12.6 Å². The maximum atomic E-state index is 13.1. The number of nitrogens with one attached hydrogen (secondary N) is 1. The predicted octanol–water partition coefficient (Wildman–Crippen LogP) is 4.79. The van der Waals surface area contributed by atoms with Gasteiger partial charge in [0.15, 0.2) is 0 Å². The maximum absolute atomic E-state index is 13.1. The molecule has 0 aliphatic carbocycles. The lowest BCUT2D eigenvalue weighted by Crippen LogP contribution is -2.33. The number of benzene rings is 1. The second kappa shape index (κ2) is 8.54. The SMILES string of the molecule is Cl.Fc1ccc(CN[C@H]2CCN(c3ccc(Br)cn3)C2)c(C(F)(F)F)c1. The minimum absolute atomic E-state index is 0. The normalized spacial score (nSPS) is 17.3. The zero-order valence-corrected chi connectivity index (χ0v) is 16.0. The fraction of sp³-hybridized carbons (Fsp3) is 0.353. The Bertz CT molecular complexity index is 740. The van der Waals surface area contributed by atoms with Crippen LogP contribution in [0.25, 0.3) is 0 Å². The number of nitrogens with zero attached hydrogens (tertiary/aromatic N) is 2. The molecular formula is C17H17BrClF4N3. The Labute approximate surface area is 163 Å². The molecule has 9 heteroatoms. The van der Waals surface area contributed by atoms with Crippen LogP contribution in [0.15, 0.2) is 41.0 Å². The second-order valence-electron chi connectivity index (χ2n) is 5.95. The largest absolute Gasteiger partial charge is 0.416 e. The molecule has 0 saturated carbocycles. The standard InChI is InChI=1S/C17H16BrF4N3.ClH/c18-12-2-4-16(24-9-12)25-6-5-14(10-25)23-8-11-1-3-13(19)7-15(11)17(20,21)22;/h1-4,7,9,14,23H,5-6,8,10H2;1H/t14-;/m0./s1. The third-order valence-corrected chi connectivity index (χ3v) is 4.65. The summed E-state index contributed by atoms with van der Waals surface area (Å²) in [5, 5.41) is 3.14. The van der Waals surface area contributed by atoms with E-state index in [9.17, 15) is 17.6 Å². The molecule has 1 aliphatic heterocycles. The molecule has 0 unspecified atom stereocenters. The minimum atomic E-state index is -4.57. The lowest BCUT2D eigenvalue weighted by Gasteiger charge is -2.19. The van der Waals surface area contributed by atoms with E-state index in [1.54, 1.807) is 6.20 Å². The van der Waals surface area contributed by atoms with E-state index in [4.69, 9.17) is 0 Å². The van der Waals surface area contributed by atoms with Crippen molar-refractivity contribution in [2.24, 2.45) is 0 Å². The third-order valence-electron chi connectivity index (χ3n) is 4.18. The van der Waals surface area contributed by atoms with Crippen molar-refractivity contribution in [2.45, 2.75) is 25.2 Å². The molecule has 1 aliphatic rings. The summed E-state index contributed by atoms with van der Waals surface area (Å²) in [4.78, 5) is 6.41. The molecule has 0 spiro atoms. The van der Waals surface area contributed by atoms with Crippen LogP contribution in [0.2, 0.25) is 0 Å². The monoisotopic (exact) mass is 453 g/mol. The quantitative estimate of drug-likeness (QED) is 0.673. The molecule has 2 heterocycles. The van der Waals surface area contributed by atoms with E-state index in [2.05, 4.69) is 31.1 Å². The van der Waals surface area contributed by atoms with E-state index in [1.165, 1.54) is 6.07 Å². The van der Waals surface area contributed by atoms with Gasteiger partial charge in [-0.25, -0.2) is 9.37 Å².